The van der Waals surface area contributed by atoms with Crippen molar-refractivity contribution < 1.29 is 9.52 Å². The Morgan fingerprint density at radius 2 is 2.25 bits per heavy atom. The van der Waals surface area contributed by atoms with Crippen molar-refractivity contribution in [2.75, 3.05) is 0 Å². The van der Waals surface area contributed by atoms with Crippen LogP contribution in [0, 0.1) is 11.8 Å². The van der Waals surface area contributed by atoms with Gasteiger partial charge in [0.05, 0.1) is 5.02 Å². The first kappa shape index (κ1) is 14.0. The minimum Gasteiger partial charge on any atom is -0.457 e. The Hall–Kier alpha value is -0.990. The van der Waals surface area contributed by atoms with Gasteiger partial charge in [0.1, 0.15) is 11.9 Å². The molecule has 2 nitrogen and oxygen atoms in total. The number of aliphatic hydroxyl groups excluding tert-OH is 1. The van der Waals surface area contributed by atoms with Crippen molar-refractivity contribution in [1.82, 2.24) is 0 Å². The molecule has 0 radical (unpaired) electrons. The normalized spacial score (nSPS) is 24.9. The second-order valence-electron chi connectivity index (χ2n) is 5.95. The van der Waals surface area contributed by atoms with Gasteiger partial charge < -0.3 is 9.52 Å². The van der Waals surface area contributed by atoms with Crippen molar-refractivity contribution in [2.45, 2.75) is 45.1 Å². The fraction of sp³-hybridized carbons (Fsp3) is 0.529. The molecule has 1 N–H and O–H groups in total. The number of benzene rings is 1. The zero-order chi connectivity index (χ0) is 14.1. The third kappa shape index (κ3) is 2.59. The highest BCUT2D eigenvalue weighted by molar-refractivity contribution is 6.34. The molecule has 3 rings (SSSR count). The summed E-state index contributed by atoms with van der Waals surface area (Å²) in [5, 5.41) is 12.2. The predicted octanol–water partition coefficient (Wildman–Crippen LogP) is 5.34. The Bertz CT molecular complexity index is 590. The summed E-state index contributed by atoms with van der Waals surface area (Å²) in [4.78, 5) is 0. The molecule has 0 spiro atoms. The van der Waals surface area contributed by atoms with Crippen LogP contribution in [0.2, 0.25) is 5.02 Å². The highest BCUT2D eigenvalue weighted by atomic mass is 35.5. The molecule has 3 atom stereocenters. The summed E-state index contributed by atoms with van der Waals surface area (Å²) in [6.45, 7) is 2.24. The second-order valence-corrected chi connectivity index (χ2v) is 6.36. The van der Waals surface area contributed by atoms with Crippen LogP contribution in [-0.2, 0) is 0 Å². The fourth-order valence-electron chi connectivity index (χ4n) is 3.42. The molecule has 1 heterocycles. The van der Waals surface area contributed by atoms with E-state index in [2.05, 4.69) is 6.92 Å². The first-order valence-corrected chi connectivity index (χ1v) is 7.93. The number of para-hydroxylation sites is 1. The zero-order valence-electron chi connectivity index (χ0n) is 11.8. The summed E-state index contributed by atoms with van der Waals surface area (Å²) in [6, 6.07) is 7.62. The van der Waals surface area contributed by atoms with E-state index in [1.807, 2.05) is 24.3 Å². The minimum absolute atomic E-state index is 0.313. The number of furan rings is 1. The molecular weight excluding hydrogens is 272 g/mol. The Labute approximate surface area is 124 Å². The molecule has 108 valence electrons. The molecule has 1 aromatic carbocycles. The van der Waals surface area contributed by atoms with Gasteiger partial charge in [-0.05, 0) is 36.8 Å². The molecule has 3 unspecified atom stereocenters. The average molecular weight is 293 g/mol. The van der Waals surface area contributed by atoms with Crippen LogP contribution in [0.15, 0.2) is 28.7 Å². The molecule has 20 heavy (non-hydrogen) atoms. The molecular formula is C17H21ClO2. The number of halogens is 1. The summed E-state index contributed by atoms with van der Waals surface area (Å²) in [6.07, 6.45) is 5.39. The first-order valence-electron chi connectivity index (χ1n) is 7.55. The Morgan fingerprint density at radius 1 is 1.40 bits per heavy atom. The molecule has 2 aromatic rings. The molecule has 3 heteroatoms. The molecule has 1 fully saturated rings. The Morgan fingerprint density at radius 3 is 3.00 bits per heavy atom. The lowest BCUT2D eigenvalue weighted by atomic mass is 9.77. The first-order chi connectivity index (χ1) is 9.69. The van der Waals surface area contributed by atoms with E-state index in [9.17, 15) is 5.11 Å². The summed E-state index contributed by atoms with van der Waals surface area (Å²) < 4.78 is 5.80. The third-order valence-electron chi connectivity index (χ3n) is 4.65. The number of fused-ring (bicyclic) bond motifs is 1. The molecule has 0 saturated heterocycles. The fourth-order valence-corrected chi connectivity index (χ4v) is 3.64. The van der Waals surface area contributed by atoms with Crippen LogP contribution < -0.4 is 0 Å². The van der Waals surface area contributed by atoms with Crippen molar-refractivity contribution in [2.24, 2.45) is 11.8 Å². The van der Waals surface area contributed by atoms with Crippen molar-refractivity contribution in [3.05, 3.63) is 35.0 Å². The van der Waals surface area contributed by atoms with Gasteiger partial charge >= 0.3 is 0 Å². The molecule has 1 aliphatic carbocycles. The van der Waals surface area contributed by atoms with Gasteiger partial charge in [-0.3, -0.25) is 0 Å². The Balaban J connectivity index is 1.84. The summed E-state index contributed by atoms with van der Waals surface area (Å²) in [7, 11) is 0. The maximum atomic E-state index is 10.6. The van der Waals surface area contributed by atoms with Crippen LogP contribution in [0.25, 0.3) is 11.0 Å². The summed E-state index contributed by atoms with van der Waals surface area (Å²) >= 11 is 6.13. The van der Waals surface area contributed by atoms with Gasteiger partial charge in [0.15, 0.2) is 5.58 Å². The van der Waals surface area contributed by atoms with Crippen molar-refractivity contribution in [1.29, 1.82) is 0 Å². The lowest BCUT2D eigenvalue weighted by molar-refractivity contribution is 0.0520. The van der Waals surface area contributed by atoms with Crippen LogP contribution in [0.4, 0.5) is 0 Å². The zero-order valence-corrected chi connectivity index (χ0v) is 12.6. The third-order valence-corrected chi connectivity index (χ3v) is 4.95. The minimum atomic E-state index is -0.507. The van der Waals surface area contributed by atoms with Crippen LogP contribution in [-0.4, -0.2) is 5.11 Å². The number of hydrogen-bond donors (Lipinski definition) is 1. The van der Waals surface area contributed by atoms with Crippen LogP contribution in [0.3, 0.4) is 0 Å². The standard InChI is InChI=1S/C17H21ClO2/c1-2-11-5-3-6-12(9-11)16(19)15-10-13-7-4-8-14(18)17(13)20-15/h4,7-8,10-12,16,19H,2-3,5-6,9H2,1H3. The SMILES string of the molecule is CCC1CCCC(C(O)c2cc3cccc(Cl)c3o2)C1. The van der Waals surface area contributed by atoms with E-state index in [-0.39, 0.29) is 0 Å². The van der Waals surface area contributed by atoms with Gasteiger partial charge in [0.25, 0.3) is 0 Å². The van der Waals surface area contributed by atoms with Gasteiger partial charge in [0.2, 0.25) is 0 Å². The van der Waals surface area contributed by atoms with Gasteiger partial charge in [-0.15, -0.1) is 0 Å². The molecule has 0 bridgehead atoms. The monoisotopic (exact) mass is 292 g/mol. The largest absolute Gasteiger partial charge is 0.457 e. The van der Waals surface area contributed by atoms with Crippen LogP contribution in [0.1, 0.15) is 50.9 Å². The highest BCUT2D eigenvalue weighted by Crippen LogP contribution is 2.40. The van der Waals surface area contributed by atoms with Gasteiger partial charge in [-0.25, -0.2) is 0 Å². The van der Waals surface area contributed by atoms with E-state index in [4.69, 9.17) is 16.0 Å². The van der Waals surface area contributed by atoms with E-state index in [1.54, 1.807) is 0 Å². The number of rotatable bonds is 3. The van der Waals surface area contributed by atoms with Crippen LogP contribution >= 0.6 is 11.6 Å². The van der Waals surface area contributed by atoms with Crippen molar-refractivity contribution in [3.8, 4) is 0 Å². The maximum Gasteiger partial charge on any atom is 0.152 e. The second kappa shape index (κ2) is 5.79. The van der Waals surface area contributed by atoms with Crippen molar-refractivity contribution >= 4 is 22.6 Å². The van der Waals surface area contributed by atoms with E-state index >= 15 is 0 Å². The van der Waals surface area contributed by atoms with Gasteiger partial charge in [-0.1, -0.05) is 49.9 Å². The van der Waals surface area contributed by atoms with Gasteiger partial charge in [-0.2, -0.15) is 0 Å². The molecule has 0 amide bonds. The lowest BCUT2D eigenvalue weighted by Gasteiger charge is -2.30. The summed E-state index contributed by atoms with van der Waals surface area (Å²) in [5.74, 6) is 1.72. The molecule has 1 aromatic heterocycles. The molecule has 0 aliphatic heterocycles. The number of aliphatic hydroxyl groups is 1. The number of hydrogen-bond acceptors (Lipinski definition) is 2. The lowest BCUT2D eigenvalue weighted by Crippen LogP contribution is -2.21. The van der Waals surface area contributed by atoms with E-state index in [0.717, 1.165) is 24.1 Å². The van der Waals surface area contributed by atoms with Crippen LogP contribution in [0.5, 0.6) is 0 Å². The molecule has 1 aliphatic rings. The van der Waals surface area contributed by atoms with Gasteiger partial charge in [0, 0.05) is 5.39 Å². The maximum absolute atomic E-state index is 10.6. The van der Waals surface area contributed by atoms with E-state index in [0.29, 0.717) is 22.3 Å². The topological polar surface area (TPSA) is 33.4 Å². The smallest absolute Gasteiger partial charge is 0.152 e. The van der Waals surface area contributed by atoms with E-state index in [1.165, 1.54) is 19.3 Å². The Kier molecular flexibility index (Phi) is 4.04. The molecule has 1 saturated carbocycles. The quantitative estimate of drug-likeness (QED) is 0.829. The van der Waals surface area contributed by atoms with E-state index < -0.39 is 6.10 Å². The van der Waals surface area contributed by atoms with Crippen molar-refractivity contribution in [3.63, 3.8) is 0 Å². The highest BCUT2D eigenvalue weighted by Gasteiger charge is 2.29. The average Bonchev–Trinajstić information content (AvgIpc) is 2.92. The summed E-state index contributed by atoms with van der Waals surface area (Å²) in [5.41, 5.74) is 0.686. The predicted molar refractivity (Wildman–Crippen MR) is 81.9 cm³/mol.